The minimum atomic E-state index is -0.905. The molecule has 0 unspecified atom stereocenters. The third-order valence-electron chi connectivity index (χ3n) is 5.19. The quantitative estimate of drug-likeness (QED) is 0.618. The molecule has 4 aliphatic rings. The van der Waals surface area contributed by atoms with Crippen LogP contribution >= 0.6 is 0 Å². The van der Waals surface area contributed by atoms with Crippen molar-refractivity contribution in [3.63, 3.8) is 0 Å². The van der Waals surface area contributed by atoms with E-state index in [1.54, 1.807) is 0 Å². The van der Waals surface area contributed by atoms with Crippen LogP contribution in [0.3, 0.4) is 0 Å². The van der Waals surface area contributed by atoms with Gasteiger partial charge in [0.15, 0.2) is 0 Å². The maximum Gasteiger partial charge on any atom is 0.224 e. The van der Waals surface area contributed by atoms with Crippen molar-refractivity contribution in [1.29, 1.82) is 0 Å². The average molecular weight is 272 g/mol. The predicted molar refractivity (Wildman–Crippen MR) is 62.0 cm³/mol. The van der Waals surface area contributed by atoms with E-state index < -0.39 is 24.3 Å². The molecule has 1 aliphatic carbocycles. The first-order chi connectivity index (χ1) is 9.13. The van der Waals surface area contributed by atoms with E-state index in [2.05, 4.69) is 0 Å². The van der Waals surface area contributed by atoms with E-state index in [1.165, 1.54) is 0 Å². The number of rotatable bonds is 0. The Balaban J connectivity index is 1.75. The first-order valence-electron chi connectivity index (χ1n) is 7.04. The summed E-state index contributed by atoms with van der Waals surface area (Å²) >= 11 is 0. The fourth-order valence-corrected chi connectivity index (χ4v) is 4.35. The standard InChI is InChI=1S/C13H20O6/c1-6-10-7(4-8(14)11(6)15)9-5-16-12(19-9)13(10)17-2-3-18-13/h6-12,14-15H,2-5H2,1H3/t6-,7+,8+,9+,10+,11-,12+/m0/s1. The summed E-state index contributed by atoms with van der Waals surface area (Å²) in [6.07, 6.45) is -1.49. The topological polar surface area (TPSA) is 77.4 Å². The second-order valence-electron chi connectivity index (χ2n) is 6.10. The molecular weight excluding hydrogens is 252 g/mol. The number of ether oxygens (including phenoxy) is 4. The van der Waals surface area contributed by atoms with Crippen molar-refractivity contribution >= 4 is 0 Å². The lowest BCUT2D eigenvalue weighted by Gasteiger charge is -2.53. The van der Waals surface area contributed by atoms with Crippen molar-refractivity contribution in [2.24, 2.45) is 17.8 Å². The Morgan fingerprint density at radius 2 is 1.89 bits per heavy atom. The van der Waals surface area contributed by atoms with Gasteiger partial charge in [0.25, 0.3) is 0 Å². The molecule has 0 amide bonds. The monoisotopic (exact) mass is 272 g/mol. The van der Waals surface area contributed by atoms with Gasteiger partial charge in [0, 0.05) is 5.92 Å². The van der Waals surface area contributed by atoms with Crippen LogP contribution in [0, 0.1) is 17.8 Å². The van der Waals surface area contributed by atoms with Gasteiger partial charge in [-0.25, -0.2) is 0 Å². The van der Waals surface area contributed by atoms with Crippen molar-refractivity contribution in [3.8, 4) is 0 Å². The van der Waals surface area contributed by atoms with Crippen LogP contribution in [0.5, 0.6) is 0 Å². The normalized spacial score (nSPS) is 55.4. The van der Waals surface area contributed by atoms with Crippen LogP contribution in [0.4, 0.5) is 0 Å². The van der Waals surface area contributed by atoms with Gasteiger partial charge in [0.2, 0.25) is 12.1 Å². The Bertz CT molecular complexity index is 368. The Morgan fingerprint density at radius 3 is 2.63 bits per heavy atom. The summed E-state index contributed by atoms with van der Waals surface area (Å²) in [5.74, 6) is -0.912. The van der Waals surface area contributed by atoms with E-state index in [-0.39, 0.29) is 23.9 Å². The van der Waals surface area contributed by atoms with Crippen LogP contribution in [0.1, 0.15) is 13.3 Å². The zero-order valence-corrected chi connectivity index (χ0v) is 10.9. The number of hydrogen-bond donors (Lipinski definition) is 2. The van der Waals surface area contributed by atoms with Crippen molar-refractivity contribution in [2.45, 2.75) is 43.7 Å². The molecule has 1 spiro atoms. The minimum absolute atomic E-state index is 0.000324. The molecule has 3 aliphatic heterocycles. The highest BCUT2D eigenvalue weighted by Gasteiger charge is 2.67. The van der Waals surface area contributed by atoms with Crippen LogP contribution in [0.25, 0.3) is 0 Å². The zero-order valence-electron chi connectivity index (χ0n) is 10.9. The van der Waals surface area contributed by atoms with E-state index in [1.807, 2.05) is 6.92 Å². The van der Waals surface area contributed by atoms with Gasteiger partial charge in [-0.1, -0.05) is 6.92 Å². The van der Waals surface area contributed by atoms with Gasteiger partial charge in [-0.15, -0.1) is 0 Å². The number of aliphatic hydroxyl groups excluding tert-OH is 2. The minimum Gasteiger partial charge on any atom is -0.390 e. The zero-order chi connectivity index (χ0) is 13.2. The van der Waals surface area contributed by atoms with E-state index in [0.717, 1.165) is 0 Å². The van der Waals surface area contributed by atoms with Gasteiger partial charge < -0.3 is 29.2 Å². The third-order valence-corrected chi connectivity index (χ3v) is 5.19. The maximum absolute atomic E-state index is 10.2. The molecule has 4 rings (SSSR count). The molecule has 6 nitrogen and oxygen atoms in total. The predicted octanol–water partition coefficient (Wildman–Crippen LogP) is -0.521. The summed E-state index contributed by atoms with van der Waals surface area (Å²) in [5.41, 5.74) is 0. The van der Waals surface area contributed by atoms with Gasteiger partial charge >= 0.3 is 0 Å². The molecule has 0 aromatic rings. The fourth-order valence-electron chi connectivity index (χ4n) is 4.35. The molecule has 6 heteroatoms. The Kier molecular flexibility index (Phi) is 2.72. The number of fused-ring (bicyclic) bond motifs is 6. The molecule has 3 heterocycles. The Morgan fingerprint density at radius 1 is 1.16 bits per heavy atom. The second-order valence-corrected chi connectivity index (χ2v) is 6.10. The van der Waals surface area contributed by atoms with Gasteiger partial charge in [0.1, 0.15) is 0 Å². The first kappa shape index (κ1) is 12.5. The maximum atomic E-state index is 10.2. The van der Waals surface area contributed by atoms with Crippen molar-refractivity contribution < 1.29 is 29.2 Å². The highest BCUT2D eigenvalue weighted by Crippen LogP contribution is 2.54. The second kappa shape index (κ2) is 4.13. The summed E-state index contributed by atoms with van der Waals surface area (Å²) in [6, 6.07) is 0. The fraction of sp³-hybridized carbons (Fsp3) is 1.00. The third kappa shape index (κ3) is 1.53. The van der Waals surface area contributed by atoms with Gasteiger partial charge in [-0.05, 0) is 18.3 Å². The van der Waals surface area contributed by atoms with E-state index in [4.69, 9.17) is 18.9 Å². The lowest BCUT2D eigenvalue weighted by atomic mass is 9.63. The molecule has 4 fully saturated rings. The summed E-state index contributed by atoms with van der Waals surface area (Å²) in [7, 11) is 0. The summed E-state index contributed by atoms with van der Waals surface area (Å²) in [6.45, 7) is 3.49. The molecule has 7 atom stereocenters. The van der Waals surface area contributed by atoms with Crippen LogP contribution in [-0.4, -0.2) is 60.4 Å². The highest BCUT2D eigenvalue weighted by atomic mass is 16.8. The molecule has 2 bridgehead atoms. The molecule has 1 saturated carbocycles. The summed E-state index contributed by atoms with van der Waals surface area (Å²) in [5, 5.41) is 20.2. The van der Waals surface area contributed by atoms with E-state index >= 15 is 0 Å². The van der Waals surface area contributed by atoms with Crippen LogP contribution in [0.2, 0.25) is 0 Å². The summed E-state index contributed by atoms with van der Waals surface area (Å²) in [4.78, 5) is 0. The molecular formula is C13H20O6. The highest BCUT2D eigenvalue weighted by molar-refractivity contribution is 5.06. The van der Waals surface area contributed by atoms with Crippen molar-refractivity contribution in [2.75, 3.05) is 19.8 Å². The van der Waals surface area contributed by atoms with Crippen LogP contribution in [-0.2, 0) is 18.9 Å². The van der Waals surface area contributed by atoms with E-state index in [0.29, 0.717) is 26.2 Å². The molecule has 0 radical (unpaired) electrons. The molecule has 19 heavy (non-hydrogen) atoms. The van der Waals surface area contributed by atoms with E-state index in [9.17, 15) is 10.2 Å². The van der Waals surface area contributed by atoms with Gasteiger partial charge in [0.05, 0.1) is 38.1 Å². The van der Waals surface area contributed by atoms with Crippen LogP contribution < -0.4 is 0 Å². The molecule has 0 aromatic heterocycles. The van der Waals surface area contributed by atoms with Crippen molar-refractivity contribution in [1.82, 2.24) is 0 Å². The SMILES string of the molecule is C[C@@H]1[C@H](O)[C@H](O)C[C@H]2[C@@H]1C1(OCCO1)[C@@H]1OC[C@H]2O1. The molecule has 2 N–H and O–H groups in total. The average Bonchev–Trinajstić information content (AvgIpc) is 3.01. The van der Waals surface area contributed by atoms with Gasteiger partial charge in [-0.2, -0.15) is 0 Å². The molecule has 108 valence electrons. The molecule has 0 aromatic carbocycles. The number of aliphatic hydroxyl groups is 2. The number of hydrogen-bond acceptors (Lipinski definition) is 6. The largest absolute Gasteiger partial charge is 0.390 e. The Labute approximate surface area is 111 Å². The smallest absolute Gasteiger partial charge is 0.224 e. The lowest BCUT2D eigenvalue weighted by molar-refractivity contribution is -0.359. The lowest BCUT2D eigenvalue weighted by Crippen LogP contribution is -2.64. The Hall–Kier alpha value is -0.240. The molecule has 3 saturated heterocycles. The van der Waals surface area contributed by atoms with Crippen molar-refractivity contribution in [3.05, 3.63) is 0 Å². The van der Waals surface area contributed by atoms with Crippen LogP contribution in [0.15, 0.2) is 0 Å². The van der Waals surface area contributed by atoms with Gasteiger partial charge in [-0.3, -0.25) is 0 Å². The first-order valence-corrected chi connectivity index (χ1v) is 7.04. The summed E-state index contributed by atoms with van der Waals surface area (Å²) < 4.78 is 23.3.